The molecule has 1 aliphatic heterocycles. The molecule has 6 heteroatoms. The molecule has 23 heavy (non-hydrogen) atoms. The van der Waals surface area contributed by atoms with Crippen molar-refractivity contribution in [3.05, 3.63) is 35.9 Å². The molecule has 0 radical (unpaired) electrons. The van der Waals surface area contributed by atoms with Gasteiger partial charge in [0.2, 0.25) is 0 Å². The van der Waals surface area contributed by atoms with Gasteiger partial charge >= 0.3 is 0 Å². The van der Waals surface area contributed by atoms with Gasteiger partial charge in [-0.3, -0.25) is 0 Å². The van der Waals surface area contributed by atoms with Crippen LogP contribution in [0.15, 0.2) is 30.3 Å². The summed E-state index contributed by atoms with van der Waals surface area (Å²) in [6.45, 7) is 8.57. The molecule has 0 bridgehead atoms. The first kappa shape index (κ1) is 18.4. The minimum Gasteiger partial charge on any atom is -0.389 e. The molecule has 1 saturated heterocycles. The van der Waals surface area contributed by atoms with E-state index in [4.69, 9.17) is 9.47 Å². The summed E-state index contributed by atoms with van der Waals surface area (Å²) < 4.78 is 36.3. The number of aliphatic hydroxyl groups is 1. The van der Waals surface area contributed by atoms with Crippen LogP contribution in [0.4, 0.5) is 0 Å². The summed E-state index contributed by atoms with van der Waals surface area (Å²) in [5.74, 6) is -0.821. The van der Waals surface area contributed by atoms with Gasteiger partial charge in [-0.25, -0.2) is 8.42 Å². The van der Waals surface area contributed by atoms with E-state index in [0.29, 0.717) is 5.56 Å². The van der Waals surface area contributed by atoms with E-state index in [1.807, 2.05) is 6.07 Å². The van der Waals surface area contributed by atoms with Crippen LogP contribution in [-0.2, 0) is 19.3 Å². The van der Waals surface area contributed by atoms with Crippen LogP contribution in [0, 0.1) is 0 Å². The van der Waals surface area contributed by atoms with E-state index >= 15 is 0 Å². The van der Waals surface area contributed by atoms with E-state index in [9.17, 15) is 13.5 Å². The third kappa shape index (κ3) is 3.76. The fraction of sp³-hybridized carbons (Fsp3) is 0.647. The lowest BCUT2D eigenvalue weighted by atomic mass is 10.0. The third-order valence-electron chi connectivity index (χ3n) is 4.04. The minimum absolute atomic E-state index is 0.164. The van der Waals surface area contributed by atoms with Crippen molar-refractivity contribution in [3.63, 3.8) is 0 Å². The Balaban J connectivity index is 2.43. The lowest BCUT2D eigenvalue weighted by molar-refractivity contribution is -0.151. The van der Waals surface area contributed by atoms with E-state index in [0.717, 1.165) is 0 Å². The Labute approximate surface area is 138 Å². The van der Waals surface area contributed by atoms with Crippen molar-refractivity contribution in [2.75, 3.05) is 6.61 Å². The lowest BCUT2D eigenvalue weighted by Gasteiger charge is -2.32. The zero-order valence-corrected chi connectivity index (χ0v) is 15.1. The molecule has 0 unspecified atom stereocenters. The Hall–Kier alpha value is -0.950. The summed E-state index contributed by atoms with van der Waals surface area (Å²) in [5, 5.41) is 9.75. The molecule has 130 valence electrons. The topological polar surface area (TPSA) is 72.8 Å². The van der Waals surface area contributed by atoms with Gasteiger partial charge in [0.15, 0.2) is 15.6 Å². The molecule has 5 nitrogen and oxygen atoms in total. The highest BCUT2D eigenvalue weighted by Crippen LogP contribution is 2.38. The van der Waals surface area contributed by atoms with Crippen molar-refractivity contribution in [2.45, 2.75) is 62.6 Å². The summed E-state index contributed by atoms with van der Waals surface area (Å²) in [4.78, 5) is 0. The normalized spacial score (nSPS) is 24.3. The summed E-state index contributed by atoms with van der Waals surface area (Å²) in [7, 11) is -3.65. The fourth-order valence-corrected chi connectivity index (χ4v) is 4.48. The number of hydrogen-bond acceptors (Lipinski definition) is 5. The first-order chi connectivity index (χ1) is 10.5. The van der Waals surface area contributed by atoms with Gasteiger partial charge in [-0.05, 0) is 40.2 Å². The van der Waals surface area contributed by atoms with Gasteiger partial charge in [0.1, 0.15) is 17.5 Å². The van der Waals surface area contributed by atoms with E-state index in [1.165, 1.54) is 0 Å². The molecule has 1 aliphatic rings. The Kier molecular flexibility index (Phi) is 4.93. The maximum absolute atomic E-state index is 13.1. The van der Waals surface area contributed by atoms with Gasteiger partial charge in [-0.2, -0.15) is 0 Å². The molecule has 0 aliphatic carbocycles. The second kappa shape index (κ2) is 6.16. The highest BCUT2D eigenvalue weighted by atomic mass is 32.2. The number of sulfone groups is 1. The molecule has 1 aromatic carbocycles. The second-order valence-corrected chi connectivity index (χ2v) is 10.2. The molecule has 0 aromatic heterocycles. The maximum Gasteiger partial charge on any atom is 0.164 e. The maximum atomic E-state index is 13.1. The first-order valence-corrected chi connectivity index (χ1v) is 9.28. The van der Waals surface area contributed by atoms with Gasteiger partial charge in [-0.15, -0.1) is 0 Å². The monoisotopic (exact) mass is 342 g/mol. The SMILES string of the molecule is CC1(C)OC[C@H]([C@@H](O)[C@H](c2ccccc2)S(=O)(=O)C(C)(C)C)O1. The molecule has 0 amide bonds. The van der Waals surface area contributed by atoms with Gasteiger partial charge < -0.3 is 14.6 Å². The summed E-state index contributed by atoms with van der Waals surface area (Å²) in [6.07, 6.45) is -1.89. The van der Waals surface area contributed by atoms with Crippen LogP contribution in [0.25, 0.3) is 0 Å². The molecular weight excluding hydrogens is 316 g/mol. The number of rotatable bonds is 4. The Bertz CT molecular complexity index is 631. The van der Waals surface area contributed by atoms with Crippen molar-refractivity contribution in [1.29, 1.82) is 0 Å². The predicted molar refractivity (Wildman–Crippen MR) is 88.8 cm³/mol. The number of benzene rings is 1. The van der Waals surface area contributed by atoms with E-state index in [-0.39, 0.29) is 6.61 Å². The summed E-state index contributed by atoms with van der Waals surface area (Å²) in [6, 6.07) is 8.79. The number of ether oxygens (including phenoxy) is 2. The quantitative estimate of drug-likeness (QED) is 0.910. The second-order valence-electron chi connectivity index (χ2n) is 7.35. The largest absolute Gasteiger partial charge is 0.389 e. The van der Waals surface area contributed by atoms with Gasteiger partial charge in [-0.1, -0.05) is 30.3 Å². The van der Waals surface area contributed by atoms with E-state index in [1.54, 1.807) is 58.9 Å². The van der Waals surface area contributed by atoms with Gasteiger partial charge in [0.05, 0.1) is 11.4 Å². The van der Waals surface area contributed by atoms with Crippen LogP contribution < -0.4 is 0 Å². The summed E-state index contributed by atoms with van der Waals surface area (Å²) >= 11 is 0. The zero-order valence-electron chi connectivity index (χ0n) is 14.3. The van der Waals surface area contributed by atoms with Crippen LogP contribution in [0.5, 0.6) is 0 Å². The lowest BCUT2D eigenvalue weighted by Crippen LogP contribution is -2.44. The highest BCUT2D eigenvalue weighted by molar-refractivity contribution is 7.93. The Morgan fingerprint density at radius 1 is 1.22 bits per heavy atom. The highest BCUT2D eigenvalue weighted by Gasteiger charge is 2.48. The molecule has 1 heterocycles. The van der Waals surface area contributed by atoms with Crippen LogP contribution in [-0.4, -0.2) is 42.9 Å². The van der Waals surface area contributed by atoms with Crippen LogP contribution in [0.2, 0.25) is 0 Å². The third-order valence-corrected chi connectivity index (χ3v) is 6.96. The molecule has 1 aromatic rings. The molecule has 3 atom stereocenters. The van der Waals surface area contributed by atoms with E-state index < -0.39 is 37.8 Å². The van der Waals surface area contributed by atoms with E-state index in [2.05, 4.69) is 0 Å². The number of aliphatic hydroxyl groups excluding tert-OH is 1. The molecule has 0 saturated carbocycles. The first-order valence-electron chi connectivity index (χ1n) is 7.74. The van der Waals surface area contributed by atoms with Crippen LogP contribution in [0.3, 0.4) is 0 Å². The van der Waals surface area contributed by atoms with Crippen molar-refractivity contribution in [2.24, 2.45) is 0 Å². The fourth-order valence-electron chi connectivity index (χ4n) is 2.66. The average Bonchev–Trinajstić information content (AvgIpc) is 2.79. The standard InChI is InChI=1S/C17H26O5S/c1-16(2,3)23(19,20)15(12-9-7-6-8-10-12)14(18)13-11-21-17(4,5)22-13/h6-10,13-15,18H,11H2,1-5H3/t13-,14-,15+/m1/s1. The smallest absolute Gasteiger partial charge is 0.164 e. The summed E-state index contributed by atoms with van der Waals surface area (Å²) in [5.41, 5.74) is 0.559. The number of hydrogen-bond donors (Lipinski definition) is 1. The van der Waals surface area contributed by atoms with Crippen LogP contribution in [0.1, 0.15) is 45.4 Å². The predicted octanol–water partition coefficient (Wildman–Crippen LogP) is 2.45. The van der Waals surface area contributed by atoms with Gasteiger partial charge in [0.25, 0.3) is 0 Å². The van der Waals surface area contributed by atoms with Crippen molar-refractivity contribution >= 4 is 9.84 Å². The molecule has 1 N–H and O–H groups in total. The molecule has 2 rings (SSSR count). The molecule has 1 fully saturated rings. The Morgan fingerprint density at radius 2 is 1.78 bits per heavy atom. The molecule has 0 spiro atoms. The van der Waals surface area contributed by atoms with Gasteiger partial charge in [0, 0.05) is 0 Å². The van der Waals surface area contributed by atoms with Crippen molar-refractivity contribution in [1.82, 2.24) is 0 Å². The minimum atomic E-state index is -3.65. The van der Waals surface area contributed by atoms with Crippen molar-refractivity contribution in [3.8, 4) is 0 Å². The van der Waals surface area contributed by atoms with Crippen molar-refractivity contribution < 1.29 is 23.0 Å². The Morgan fingerprint density at radius 3 is 2.22 bits per heavy atom. The van der Waals surface area contributed by atoms with Crippen LogP contribution >= 0.6 is 0 Å². The molecular formula is C17H26O5S. The average molecular weight is 342 g/mol. The zero-order chi connectivity index (χ0) is 17.5.